The van der Waals surface area contributed by atoms with Crippen molar-refractivity contribution in [3.05, 3.63) is 60.2 Å². The molecule has 0 aliphatic rings. The van der Waals surface area contributed by atoms with E-state index in [4.69, 9.17) is 9.47 Å². The number of nitrogens with one attached hydrogen (secondary N) is 1. The summed E-state index contributed by atoms with van der Waals surface area (Å²) in [6.45, 7) is 0.555. The zero-order valence-electron chi connectivity index (χ0n) is 17.4. The van der Waals surface area contributed by atoms with Crippen molar-refractivity contribution >= 4 is 23.7 Å². The molecule has 0 saturated heterocycles. The fourth-order valence-corrected chi connectivity index (χ4v) is 2.76. The number of amides is 2. The molecule has 0 saturated carbocycles. The van der Waals surface area contributed by atoms with Gasteiger partial charge in [-0.1, -0.05) is 30.3 Å². The normalized spacial score (nSPS) is 10.2. The number of methoxy groups -OCH3 is 1. The first-order valence-electron chi connectivity index (χ1n) is 9.92. The summed E-state index contributed by atoms with van der Waals surface area (Å²) in [6.07, 6.45) is 1.82. The van der Waals surface area contributed by atoms with Gasteiger partial charge in [-0.15, -0.1) is 0 Å². The van der Waals surface area contributed by atoms with Crippen molar-refractivity contribution in [2.45, 2.75) is 32.1 Å². The maximum Gasteiger partial charge on any atom is 0.421 e. The van der Waals surface area contributed by atoms with Crippen LogP contribution < -0.4 is 15.0 Å². The molecule has 2 amide bonds. The molecule has 0 aromatic heterocycles. The first-order valence-corrected chi connectivity index (χ1v) is 9.92. The van der Waals surface area contributed by atoms with Gasteiger partial charge in [0.2, 0.25) is 5.91 Å². The van der Waals surface area contributed by atoms with E-state index < -0.39 is 12.1 Å². The van der Waals surface area contributed by atoms with Crippen molar-refractivity contribution in [3.63, 3.8) is 0 Å². The standard InChI is InChI=1S/C23H28N2O5/c1-25(19-11-13-20(29-2)14-12-19)23(28)30-22(27)16-15-21(26)24-17-7-6-10-18-8-4-3-5-9-18/h3-5,8-9,11-14H,6-7,10,15-17H2,1-2H3,(H,24,26). The average Bonchev–Trinajstić information content (AvgIpc) is 2.77. The van der Waals surface area contributed by atoms with Crippen LogP contribution in [0.25, 0.3) is 0 Å². The van der Waals surface area contributed by atoms with E-state index in [0.717, 1.165) is 19.3 Å². The van der Waals surface area contributed by atoms with E-state index in [1.54, 1.807) is 31.4 Å². The molecule has 0 radical (unpaired) electrons. The van der Waals surface area contributed by atoms with Crippen LogP contribution in [0.4, 0.5) is 10.5 Å². The lowest BCUT2D eigenvalue weighted by atomic mass is 10.1. The second kappa shape index (κ2) is 12.3. The highest BCUT2D eigenvalue weighted by Crippen LogP contribution is 2.18. The number of unbranched alkanes of at least 4 members (excludes halogenated alkanes) is 1. The van der Waals surface area contributed by atoms with Gasteiger partial charge in [0.1, 0.15) is 5.75 Å². The minimum atomic E-state index is -0.800. The van der Waals surface area contributed by atoms with Crippen molar-refractivity contribution < 1.29 is 23.9 Å². The molecular weight excluding hydrogens is 384 g/mol. The molecule has 7 nitrogen and oxygen atoms in total. The third-order valence-electron chi connectivity index (χ3n) is 4.55. The number of esters is 1. The molecule has 160 valence electrons. The van der Waals surface area contributed by atoms with E-state index in [1.807, 2.05) is 18.2 Å². The Labute approximate surface area is 177 Å². The summed E-state index contributed by atoms with van der Waals surface area (Å²) in [7, 11) is 3.05. The zero-order chi connectivity index (χ0) is 21.8. The van der Waals surface area contributed by atoms with Crippen molar-refractivity contribution in [2.24, 2.45) is 0 Å². The van der Waals surface area contributed by atoms with Crippen LogP contribution in [0.15, 0.2) is 54.6 Å². The van der Waals surface area contributed by atoms with E-state index >= 15 is 0 Å². The number of ether oxygens (including phenoxy) is 2. The maximum atomic E-state index is 12.1. The topological polar surface area (TPSA) is 84.9 Å². The lowest BCUT2D eigenvalue weighted by Crippen LogP contribution is -2.30. The number of aryl methyl sites for hydroxylation is 1. The molecule has 0 fully saturated rings. The Balaban J connectivity index is 1.60. The third kappa shape index (κ3) is 7.95. The van der Waals surface area contributed by atoms with Gasteiger partial charge < -0.3 is 14.8 Å². The van der Waals surface area contributed by atoms with Gasteiger partial charge in [0, 0.05) is 25.7 Å². The van der Waals surface area contributed by atoms with Crippen molar-refractivity contribution in [2.75, 3.05) is 25.6 Å². The van der Waals surface area contributed by atoms with E-state index in [2.05, 4.69) is 17.4 Å². The largest absolute Gasteiger partial charge is 0.497 e. The van der Waals surface area contributed by atoms with Crippen LogP contribution in [0.2, 0.25) is 0 Å². The van der Waals surface area contributed by atoms with E-state index in [-0.39, 0.29) is 18.7 Å². The summed E-state index contributed by atoms with van der Waals surface area (Å²) in [5.41, 5.74) is 1.83. The molecule has 0 atom stereocenters. The summed E-state index contributed by atoms with van der Waals surface area (Å²) in [5.74, 6) is -0.315. The number of hydrogen-bond acceptors (Lipinski definition) is 5. The molecule has 0 spiro atoms. The molecule has 7 heteroatoms. The Morgan fingerprint density at radius 2 is 1.63 bits per heavy atom. The Bertz CT molecular complexity index is 821. The molecule has 2 aromatic rings. The summed E-state index contributed by atoms with van der Waals surface area (Å²) < 4.78 is 9.87. The molecule has 0 aliphatic heterocycles. The van der Waals surface area contributed by atoms with Gasteiger partial charge in [-0.3, -0.25) is 14.5 Å². The first kappa shape index (κ1) is 22.9. The Kier molecular flexibility index (Phi) is 9.37. The summed E-state index contributed by atoms with van der Waals surface area (Å²) in [4.78, 5) is 37.0. The monoisotopic (exact) mass is 412 g/mol. The van der Waals surface area contributed by atoms with Gasteiger partial charge in [0.15, 0.2) is 0 Å². The number of hydrogen-bond donors (Lipinski definition) is 1. The predicted molar refractivity (Wildman–Crippen MR) is 115 cm³/mol. The molecule has 0 aliphatic carbocycles. The highest BCUT2D eigenvalue weighted by molar-refractivity contribution is 5.95. The Hall–Kier alpha value is -3.35. The van der Waals surface area contributed by atoms with Gasteiger partial charge in [-0.05, 0) is 49.1 Å². The van der Waals surface area contributed by atoms with Gasteiger partial charge in [-0.2, -0.15) is 0 Å². The average molecular weight is 412 g/mol. The number of anilines is 1. The van der Waals surface area contributed by atoms with Crippen molar-refractivity contribution in [3.8, 4) is 5.75 Å². The number of nitrogens with zero attached hydrogens (tertiary/aromatic N) is 1. The van der Waals surface area contributed by atoms with Crippen LogP contribution in [0, 0.1) is 0 Å². The van der Waals surface area contributed by atoms with Crippen molar-refractivity contribution in [1.82, 2.24) is 5.32 Å². The van der Waals surface area contributed by atoms with E-state index in [1.165, 1.54) is 17.5 Å². The second-order valence-corrected chi connectivity index (χ2v) is 6.79. The molecule has 2 rings (SSSR count). The molecule has 0 bridgehead atoms. The molecule has 30 heavy (non-hydrogen) atoms. The van der Waals surface area contributed by atoms with Crippen LogP contribution in [-0.4, -0.2) is 38.7 Å². The lowest BCUT2D eigenvalue weighted by Gasteiger charge is -2.16. The van der Waals surface area contributed by atoms with Crippen LogP contribution >= 0.6 is 0 Å². The lowest BCUT2D eigenvalue weighted by molar-refractivity contribution is -0.138. The van der Waals surface area contributed by atoms with Gasteiger partial charge in [-0.25, -0.2) is 4.79 Å². The highest BCUT2D eigenvalue weighted by atomic mass is 16.6. The number of benzene rings is 2. The first-order chi connectivity index (χ1) is 14.5. The van der Waals surface area contributed by atoms with E-state index in [0.29, 0.717) is 18.0 Å². The molecule has 0 unspecified atom stereocenters. The summed E-state index contributed by atoms with van der Waals surface area (Å²) in [6, 6.07) is 16.9. The van der Waals surface area contributed by atoms with Gasteiger partial charge in [0.25, 0.3) is 0 Å². The fourth-order valence-electron chi connectivity index (χ4n) is 2.76. The van der Waals surface area contributed by atoms with Crippen LogP contribution in [-0.2, 0) is 20.7 Å². The van der Waals surface area contributed by atoms with Crippen LogP contribution in [0.5, 0.6) is 5.75 Å². The Morgan fingerprint density at radius 1 is 0.933 bits per heavy atom. The molecule has 2 aromatic carbocycles. The highest BCUT2D eigenvalue weighted by Gasteiger charge is 2.17. The third-order valence-corrected chi connectivity index (χ3v) is 4.55. The summed E-state index contributed by atoms with van der Waals surface area (Å²) >= 11 is 0. The number of rotatable bonds is 10. The quantitative estimate of drug-likeness (QED) is 0.365. The van der Waals surface area contributed by atoms with Gasteiger partial charge >= 0.3 is 12.1 Å². The Morgan fingerprint density at radius 3 is 2.30 bits per heavy atom. The minimum absolute atomic E-state index is 0.0168. The number of carbonyl (C=O) groups is 3. The summed E-state index contributed by atoms with van der Waals surface area (Å²) in [5, 5.41) is 2.78. The van der Waals surface area contributed by atoms with Crippen LogP contribution in [0.1, 0.15) is 31.2 Å². The smallest absolute Gasteiger partial charge is 0.421 e. The van der Waals surface area contributed by atoms with Crippen molar-refractivity contribution in [1.29, 1.82) is 0 Å². The second-order valence-electron chi connectivity index (χ2n) is 6.79. The molecule has 0 heterocycles. The maximum absolute atomic E-state index is 12.1. The fraction of sp³-hybridized carbons (Fsp3) is 0.348. The molecule has 1 N–H and O–H groups in total. The number of carbonyl (C=O) groups excluding carboxylic acids is 3. The van der Waals surface area contributed by atoms with E-state index in [9.17, 15) is 14.4 Å². The SMILES string of the molecule is COc1ccc(N(C)C(=O)OC(=O)CCC(=O)NCCCCc2ccccc2)cc1. The zero-order valence-corrected chi connectivity index (χ0v) is 17.4. The van der Waals surface area contributed by atoms with Gasteiger partial charge in [0.05, 0.1) is 13.5 Å². The van der Waals surface area contributed by atoms with Crippen LogP contribution in [0.3, 0.4) is 0 Å². The predicted octanol–water partition coefficient (Wildman–Crippen LogP) is 3.71. The minimum Gasteiger partial charge on any atom is -0.497 e. The molecular formula is C23H28N2O5.